The third-order valence-corrected chi connectivity index (χ3v) is 2.51. The molecule has 5 heteroatoms. The Morgan fingerprint density at radius 1 is 1.47 bits per heavy atom. The number of hydrogen-bond donors (Lipinski definition) is 2. The van der Waals surface area contributed by atoms with Gasteiger partial charge in [0.15, 0.2) is 0 Å². The molecular weight excluding hydrogens is 247 g/mol. The van der Waals surface area contributed by atoms with Crippen LogP contribution in [0.5, 0.6) is 5.75 Å². The van der Waals surface area contributed by atoms with Crippen molar-refractivity contribution in [1.82, 2.24) is 0 Å². The third kappa shape index (κ3) is 5.70. The van der Waals surface area contributed by atoms with E-state index in [1.807, 2.05) is 13.8 Å². The molecule has 19 heavy (non-hydrogen) atoms. The van der Waals surface area contributed by atoms with Crippen molar-refractivity contribution in [2.45, 2.75) is 39.2 Å². The molecule has 0 aliphatic heterocycles. The van der Waals surface area contributed by atoms with Gasteiger partial charge in [-0.1, -0.05) is 0 Å². The molecule has 1 aromatic rings. The van der Waals surface area contributed by atoms with Crippen LogP contribution in [0.25, 0.3) is 0 Å². The molecule has 1 amide bonds. The summed E-state index contributed by atoms with van der Waals surface area (Å²) >= 11 is 0. The van der Waals surface area contributed by atoms with Gasteiger partial charge in [0.1, 0.15) is 11.6 Å². The molecule has 4 nitrogen and oxygen atoms in total. The summed E-state index contributed by atoms with van der Waals surface area (Å²) < 4.78 is 18.4. The first-order chi connectivity index (χ1) is 8.81. The number of nitrogens with two attached hydrogens (primary N) is 1. The highest BCUT2D eigenvalue weighted by Crippen LogP contribution is 2.25. The maximum absolute atomic E-state index is 13.1. The summed E-state index contributed by atoms with van der Waals surface area (Å²) in [5.41, 5.74) is 5.91. The van der Waals surface area contributed by atoms with Gasteiger partial charge in [0, 0.05) is 18.0 Å². The molecule has 0 heterocycles. The predicted molar refractivity (Wildman–Crippen MR) is 73.7 cm³/mol. The third-order valence-electron chi connectivity index (χ3n) is 2.51. The highest BCUT2D eigenvalue weighted by molar-refractivity contribution is 5.92. The Hall–Kier alpha value is -1.62. The molecule has 1 aromatic carbocycles. The molecule has 0 radical (unpaired) electrons. The zero-order chi connectivity index (χ0) is 14.5. The minimum absolute atomic E-state index is 0.161. The van der Waals surface area contributed by atoms with E-state index >= 15 is 0 Å². The van der Waals surface area contributed by atoms with Crippen molar-refractivity contribution < 1.29 is 13.9 Å². The fraction of sp³-hybridized carbons (Fsp3) is 0.500. The number of amides is 1. The monoisotopic (exact) mass is 268 g/mol. The van der Waals surface area contributed by atoms with Gasteiger partial charge in [-0.2, -0.15) is 0 Å². The van der Waals surface area contributed by atoms with Crippen LogP contribution < -0.4 is 15.8 Å². The molecule has 0 aliphatic rings. The summed E-state index contributed by atoms with van der Waals surface area (Å²) in [6.45, 7) is 5.93. The van der Waals surface area contributed by atoms with E-state index in [9.17, 15) is 9.18 Å². The SMILES string of the molecule is CCOc1cc(F)ccc1NC(=O)CCC(C)(C)N. The molecule has 0 unspecified atom stereocenters. The lowest BCUT2D eigenvalue weighted by atomic mass is 10.00. The van der Waals surface area contributed by atoms with E-state index in [4.69, 9.17) is 10.5 Å². The molecule has 0 spiro atoms. The highest BCUT2D eigenvalue weighted by Gasteiger charge is 2.14. The average Bonchev–Trinajstić information content (AvgIpc) is 2.30. The van der Waals surface area contributed by atoms with Crippen molar-refractivity contribution in [3.05, 3.63) is 24.0 Å². The fourth-order valence-corrected chi connectivity index (χ4v) is 1.52. The Kier molecular flexibility index (Phi) is 5.30. The Morgan fingerprint density at radius 2 is 2.16 bits per heavy atom. The number of nitrogens with one attached hydrogen (secondary N) is 1. The highest BCUT2D eigenvalue weighted by atomic mass is 19.1. The normalized spacial score (nSPS) is 11.2. The average molecular weight is 268 g/mol. The van der Waals surface area contributed by atoms with Crippen LogP contribution in [0.2, 0.25) is 0 Å². The van der Waals surface area contributed by atoms with Gasteiger partial charge in [-0.15, -0.1) is 0 Å². The van der Waals surface area contributed by atoms with E-state index in [-0.39, 0.29) is 11.4 Å². The predicted octanol–water partition coefficient (Wildman–Crippen LogP) is 2.68. The summed E-state index contributed by atoms with van der Waals surface area (Å²) in [6, 6.07) is 4.03. The van der Waals surface area contributed by atoms with Gasteiger partial charge in [-0.25, -0.2) is 4.39 Å². The molecule has 0 bridgehead atoms. The summed E-state index contributed by atoms with van der Waals surface area (Å²) in [4.78, 5) is 11.8. The van der Waals surface area contributed by atoms with Gasteiger partial charge in [0.05, 0.1) is 12.3 Å². The van der Waals surface area contributed by atoms with Crippen molar-refractivity contribution in [1.29, 1.82) is 0 Å². The summed E-state index contributed by atoms with van der Waals surface area (Å²) in [5.74, 6) is -0.224. The van der Waals surface area contributed by atoms with E-state index in [2.05, 4.69) is 5.32 Å². The standard InChI is InChI=1S/C14H21FN2O2/c1-4-19-12-9-10(15)5-6-11(12)17-13(18)7-8-14(2,3)16/h5-6,9H,4,7-8,16H2,1-3H3,(H,17,18). The Balaban J connectivity index is 2.68. The first-order valence-electron chi connectivity index (χ1n) is 6.33. The zero-order valence-electron chi connectivity index (χ0n) is 11.6. The van der Waals surface area contributed by atoms with Gasteiger partial charge in [-0.05, 0) is 39.3 Å². The van der Waals surface area contributed by atoms with E-state index < -0.39 is 5.82 Å². The molecule has 0 saturated carbocycles. The fourth-order valence-electron chi connectivity index (χ4n) is 1.52. The van der Waals surface area contributed by atoms with Crippen molar-refractivity contribution in [3.63, 3.8) is 0 Å². The number of carbonyl (C=O) groups excluding carboxylic acids is 1. The second-order valence-corrected chi connectivity index (χ2v) is 5.11. The minimum atomic E-state index is -0.399. The molecule has 0 fully saturated rings. The molecule has 106 valence electrons. The van der Waals surface area contributed by atoms with Crippen molar-refractivity contribution >= 4 is 11.6 Å². The van der Waals surface area contributed by atoms with Gasteiger partial charge in [-0.3, -0.25) is 4.79 Å². The number of carbonyl (C=O) groups is 1. The van der Waals surface area contributed by atoms with Crippen LogP contribution >= 0.6 is 0 Å². The lowest BCUT2D eigenvalue weighted by Gasteiger charge is -2.18. The topological polar surface area (TPSA) is 64.3 Å². The van der Waals surface area contributed by atoms with Crippen LogP contribution in [0, 0.1) is 5.82 Å². The number of ether oxygens (including phenoxy) is 1. The number of benzene rings is 1. The quantitative estimate of drug-likeness (QED) is 0.833. The summed E-state index contributed by atoms with van der Waals surface area (Å²) in [6.07, 6.45) is 0.885. The number of anilines is 1. The van der Waals surface area contributed by atoms with Crippen molar-refractivity contribution in [2.24, 2.45) is 5.73 Å². The number of rotatable bonds is 6. The second kappa shape index (κ2) is 6.52. The van der Waals surface area contributed by atoms with E-state index in [0.717, 1.165) is 0 Å². The van der Waals surface area contributed by atoms with Crippen LogP contribution in [0.15, 0.2) is 18.2 Å². The van der Waals surface area contributed by atoms with Crippen LogP contribution in [0.1, 0.15) is 33.6 Å². The van der Waals surface area contributed by atoms with E-state index in [1.54, 1.807) is 6.92 Å². The van der Waals surface area contributed by atoms with Gasteiger partial charge < -0.3 is 15.8 Å². The number of hydrogen-bond acceptors (Lipinski definition) is 3. The first kappa shape index (κ1) is 15.4. The van der Waals surface area contributed by atoms with Crippen molar-refractivity contribution in [3.8, 4) is 5.75 Å². The second-order valence-electron chi connectivity index (χ2n) is 5.11. The maximum atomic E-state index is 13.1. The minimum Gasteiger partial charge on any atom is -0.492 e. The smallest absolute Gasteiger partial charge is 0.224 e. The molecule has 3 N–H and O–H groups in total. The largest absolute Gasteiger partial charge is 0.492 e. The first-order valence-corrected chi connectivity index (χ1v) is 6.33. The molecule has 0 aliphatic carbocycles. The molecule has 0 saturated heterocycles. The lowest BCUT2D eigenvalue weighted by Crippen LogP contribution is -2.33. The summed E-state index contributed by atoms with van der Waals surface area (Å²) in [5, 5.41) is 2.71. The molecule has 0 aromatic heterocycles. The van der Waals surface area contributed by atoms with Gasteiger partial charge in [0.2, 0.25) is 5.91 Å². The Labute approximate surface area is 113 Å². The van der Waals surface area contributed by atoms with E-state index in [0.29, 0.717) is 30.9 Å². The van der Waals surface area contributed by atoms with E-state index in [1.165, 1.54) is 18.2 Å². The van der Waals surface area contributed by atoms with Crippen LogP contribution in [0.3, 0.4) is 0 Å². The zero-order valence-corrected chi connectivity index (χ0v) is 11.6. The Morgan fingerprint density at radius 3 is 2.74 bits per heavy atom. The van der Waals surface area contributed by atoms with Gasteiger partial charge in [0.25, 0.3) is 0 Å². The number of halogens is 1. The van der Waals surface area contributed by atoms with Crippen molar-refractivity contribution in [2.75, 3.05) is 11.9 Å². The summed E-state index contributed by atoms with van der Waals surface area (Å²) in [7, 11) is 0. The van der Waals surface area contributed by atoms with Crippen LogP contribution in [-0.2, 0) is 4.79 Å². The molecule has 0 atom stereocenters. The van der Waals surface area contributed by atoms with Crippen LogP contribution in [0.4, 0.5) is 10.1 Å². The lowest BCUT2D eigenvalue weighted by molar-refractivity contribution is -0.116. The van der Waals surface area contributed by atoms with Crippen LogP contribution in [-0.4, -0.2) is 18.1 Å². The molecular formula is C14H21FN2O2. The maximum Gasteiger partial charge on any atom is 0.224 e. The Bertz CT molecular complexity index is 442. The van der Waals surface area contributed by atoms with Gasteiger partial charge >= 0.3 is 0 Å². The molecule has 1 rings (SSSR count).